The number of methoxy groups -OCH3 is 1. The molecule has 0 saturated heterocycles. The molecule has 3 aromatic heterocycles. The van der Waals surface area contributed by atoms with Gasteiger partial charge >= 0.3 is 0 Å². The van der Waals surface area contributed by atoms with E-state index in [-0.39, 0.29) is 5.56 Å². The Balaban J connectivity index is 1.59. The molecule has 0 aliphatic carbocycles. The Hall–Kier alpha value is -2.51. The van der Waals surface area contributed by atoms with Gasteiger partial charge in [-0.05, 0) is 24.3 Å². The Morgan fingerprint density at radius 1 is 1.24 bits per heavy atom. The van der Waals surface area contributed by atoms with E-state index in [1.807, 2.05) is 18.2 Å². The van der Waals surface area contributed by atoms with Gasteiger partial charge in [-0.3, -0.25) is 9.20 Å². The van der Waals surface area contributed by atoms with Gasteiger partial charge < -0.3 is 9.72 Å². The Morgan fingerprint density at radius 3 is 2.96 bits per heavy atom. The van der Waals surface area contributed by atoms with Crippen molar-refractivity contribution in [3.05, 3.63) is 63.7 Å². The standard InChI is InChI=1S/C17H13ClN4O2S/c1-24-12-3-4-13-14(7-12)21-17(20-13)25-9-11-6-16(23)22-8-10(18)2-5-15(22)19-11/h2-8H,9H2,1H3,(H,20,21). The van der Waals surface area contributed by atoms with Crippen LogP contribution in [-0.2, 0) is 5.75 Å². The molecule has 0 amide bonds. The highest BCUT2D eigenvalue weighted by atomic mass is 35.5. The van der Waals surface area contributed by atoms with Crippen LogP contribution in [0.1, 0.15) is 5.69 Å². The van der Waals surface area contributed by atoms with E-state index in [0.29, 0.717) is 22.1 Å². The molecule has 0 radical (unpaired) electrons. The molecule has 3 heterocycles. The predicted octanol–water partition coefficient (Wildman–Crippen LogP) is 3.53. The number of H-pyrrole nitrogens is 1. The maximum atomic E-state index is 12.2. The van der Waals surface area contributed by atoms with Gasteiger partial charge in [0.15, 0.2) is 5.16 Å². The van der Waals surface area contributed by atoms with E-state index in [2.05, 4.69) is 15.0 Å². The summed E-state index contributed by atoms with van der Waals surface area (Å²) >= 11 is 7.41. The van der Waals surface area contributed by atoms with E-state index in [1.165, 1.54) is 22.2 Å². The predicted molar refractivity (Wildman–Crippen MR) is 98.7 cm³/mol. The Labute approximate surface area is 151 Å². The zero-order valence-corrected chi connectivity index (χ0v) is 14.8. The highest BCUT2D eigenvalue weighted by Gasteiger charge is 2.08. The summed E-state index contributed by atoms with van der Waals surface area (Å²) in [5.41, 5.74) is 2.88. The van der Waals surface area contributed by atoms with Gasteiger partial charge in [-0.1, -0.05) is 23.4 Å². The van der Waals surface area contributed by atoms with E-state index < -0.39 is 0 Å². The minimum atomic E-state index is -0.155. The second-order valence-electron chi connectivity index (χ2n) is 5.37. The Bertz CT molecular complexity index is 1140. The van der Waals surface area contributed by atoms with Gasteiger partial charge in [0.2, 0.25) is 0 Å². The summed E-state index contributed by atoms with van der Waals surface area (Å²) in [5.74, 6) is 1.31. The van der Waals surface area contributed by atoms with Crippen molar-refractivity contribution < 1.29 is 4.74 Å². The van der Waals surface area contributed by atoms with Crippen LogP contribution in [0.2, 0.25) is 5.02 Å². The zero-order valence-electron chi connectivity index (χ0n) is 13.2. The molecule has 8 heteroatoms. The number of rotatable bonds is 4. The third kappa shape index (κ3) is 3.20. The van der Waals surface area contributed by atoms with Crippen LogP contribution < -0.4 is 10.3 Å². The lowest BCUT2D eigenvalue weighted by Crippen LogP contribution is -2.15. The van der Waals surface area contributed by atoms with Crippen LogP contribution in [0, 0.1) is 0 Å². The minimum Gasteiger partial charge on any atom is -0.497 e. The van der Waals surface area contributed by atoms with E-state index >= 15 is 0 Å². The van der Waals surface area contributed by atoms with Gasteiger partial charge in [-0.15, -0.1) is 0 Å². The molecule has 0 spiro atoms. The number of thioether (sulfide) groups is 1. The molecule has 6 nitrogen and oxygen atoms in total. The number of ether oxygens (including phenoxy) is 1. The number of pyridine rings is 1. The number of hydrogen-bond acceptors (Lipinski definition) is 5. The maximum absolute atomic E-state index is 12.2. The number of imidazole rings is 1. The first kappa shape index (κ1) is 16.0. The Kier molecular flexibility index (Phi) is 4.10. The molecule has 0 fully saturated rings. The average molecular weight is 373 g/mol. The summed E-state index contributed by atoms with van der Waals surface area (Å²) in [4.78, 5) is 24.5. The van der Waals surface area contributed by atoms with Crippen molar-refractivity contribution in [2.45, 2.75) is 10.9 Å². The lowest BCUT2D eigenvalue weighted by atomic mass is 10.3. The highest BCUT2D eigenvalue weighted by molar-refractivity contribution is 7.98. The molecule has 126 valence electrons. The number of benzene rings is 1. The van der Waals surface area contributed by atoms with E-state index in [9.17, 15) is 4.79 Å². The largest absolute Gasteiger partial charge is 0.497 e. The normalized spacial score (nSPS) is 11.3. The first-order chi connectivity index (χ1) is 12.1. The quantitative estimate of drug-likeness (QED) is 0.555. The van der Waals surface area contributed by atoms with Gasteiger partial charge in [0.1, 0.15) is 11.4 Å². The molecule has 0 atom stereocenters. The molecular weight excluding hydrogens is 360 g/mol. The average Bonchev–Trinajstić information content (AvgIpc) is 3.02. The smallest absolute Gasteiger partial charge is 0.258 e. The lowest BCUT2D eigenvalue weighted by molar-refractivity contribution is 0.415. The second kappa shape index (κ2) is 6.42. The summed E-state index contributed by atoms with van der Waals surface area (Å²) in [6.45, 7) is 0. The third-order valence-electron chi connectivity index (χ3n) is 3.70. The molecule has 1 N–H and O–H groups in total. The van der Waals surface area contributed by atoms with Crippen LogP contribution in [0.5, 0.6) is 5.75 Å². The summed E-state index contributed by atoms with van der Waals surface area (Å²) in [6, 6.07) is 10.6. The van der Waals surface area contributed by atoms with Crippen LogP contribution in [0.4, 0.5) is 0 Å². The van der Waals surface area contributed by atoms with Gasteiger partial charge in [-0.2, -0.15) is 0 Å². The number of aromatic amines is 1. The summed E-state index contributed by atoms with van der Waals surface area (Å²) in [7, 11) is 1.63. The Morgan fingerprint density at radius 2 is 2.12 bits per heavy atom. The van der Waals surface area contributed by atoms with Crippen molar-refractivity contribution in [1.82, 2.24) is 19.4 Å². The molecule has 0 aliphatic heterocycles. The molecule has 0 bridgehead atoms. The fourth-order valence-electron chi connectivity index (χ4n) is 2.50. The highest BCUT2D eigenvalue weighted by Crippen LogP contribution is 2.25. The second-order valence-corrected chi connectivity index (χ2v) is 6.78. The van der Waals surface area contributed by atoms with Crippen molar-refractivity contribution in [2.24, 2.45) is 0 Å². The summed E-state index contributed by atoms with van der Waals surface area (Å²) < 4.78 is 6.65. The first-order valence-corrected chi connectivity index (χ1v) is 8.83. The third-order valence-corrected chi connectivity index (χ3v) is 4.83. The first-order valence-electron chi connectivity index (χ1n) is 7.47. The monoisotopic (exact) mass is 372 g/mol. The fourth-order valence-corrected chi connectivity index (χ4v) is 3.44. The van der Waals surface area contributed by atoms with Crippen LogP contribution in [0.15, 0.2) is 52.5 Å². The van der Waals surface area contributed by atoms with E-state index in [4.69, 9.17) is 16.3 Å². The van der Waals surface area contributed by atoms with Crippen molar-refractivity contribution in [1.29, 1.82) is 0 Å². The van der Waals surface area contributed by atoms with Crippen LogP contribution >= 0.6 is 23.4 Å². The summed E-state index contributed by atoms with van der Waals surface area (Å²) in [5, 5.41) is 1.26. The molecular formula is C17H13ClN4O2S. The number of nitrogens with one attached hydrogen (secondary N) is 1. The molecule has 1 aromatic carbocycles. The van der Waals surface area contributed by atoms with Crippen LogP contribution in [0.25, 0.3) is 16.7 Å². The fraction of sp³-hybridized carbons (Fsp3) is 0.118. The molecule has 4 aromatic rings. The van der Waals surface area contributed by atoms with Crippen molar-refractivity contribution in [3.8, 4) is 5.75 Å². The van der Waals surface area contributed by atoms with Crippen molar-refractivity contribution >= 4 is 40.0 Å². The topological polar surface area (TPSA) is 72.3 Å². The summed E-state index contributed by atoms with van der Waals surface area (Å²) in [6.07, 6.45) is 1.57. The maximum Gasteiger partial charge on any atom is 0.258 e. The van der Waals surface area contributed by atoms with Gasteiger partial charge in [0.05, 0.1) is 28.9 Å². The van der Waals surface area contributed by atoms with Gasteiger partial charge in [0.25, 0.3) is 5.56 Å². The molecule has 4 rings (SSSR count). The number of hydrogen-bond donors (Lipinski definition) is 1. The number of halogens is 1. The zero-order chi connectivity index (χ0) is 17.4. The lowest BCUT2D eigenvalue weighted by Gasteiger charge is -2.03. The molecule has 25 heavy (non-hydrogen) atoms. The molecule has 0 unspecified atom stereocenters. The van der Waals surface area contributed by atoms with Crippen LogP contribution in [-0.4, -0.2) is 26.5 Å². The number of fused-ring (bicyclic) bond motifs is 2. The van der Waals surface area contributed by atoms with Gasteiger partial charge in [0, 0.05) is 24.1 Å². The number of aromatic nitrogens is 4. The van der Waals surface area contributed by atoms with Crippen LogP contribution in [0.3, 0.4) is 0 Å². The number of nitrogens with zero attached hydrogens (tertiary/aromatic N) is 3. The van der Waals surface area contributed by atoms with Crippen molar-refractivity contribution in [2.75, 3.05) is 7.11 Å². The van der Waals surface area contributed by atoms with Crippen molar-refractivity contribution in [3.63, 3.8) is 0 Å². The SMILES string of the molecule is COc1ccc2nc(SCc3cc(=O)n4cc(Cl)ccc4n3)[nH]c2c1. The molecule has 0 aliphatic rings. The van der Waals surface area contributed by atoms with E-state index in [0.717, 1.165) is 21.9 Å². The van der Waals surface area contributed by atoms with Gasteiger partial charge in [-0.25, -0.2) is 9.97 Å². The molecule has 0 saturated carbocycles. The minimum absolute atomic E-state index is 0.155. The van der Waals surface area contributed by atoms with E-state index in [1.54, 1.807) is 25.4 Å².